The zero-order valence-corrected chi connectivity index (χ0v) is 11.2. The van der Waals surface area contributed by atoms with Crippen LogP contribution in [-0.4, -0.2) is 4.98 Å². The van der Waals surface area contributed by atoms with Gasteiger partial charge in [0.2, 0.25) is 0 Å². The van der Waals surface area contributed by atoms with Crippen molar-refractivity contribution in [1.29, 1.82) is 0 Å². The van der Waals surface area contributed by atoms with Gasteiger partial charge in [0.25, 0.3) is 0 Å². The van der Waals surface area contributed by atoms with Crippen LogP contribution in [0.25, 0.3) is 0 Å². The minimum atomic E-state index is -0.231. The van der Waals surface area contributed by atoms with Gasteiger partial charge in [0, 0.05) is 17.8 Å². The largest absolute Gasteiger partial charge is 0.261 e. The molecule has 0 radical (unpaired) electrons. The molecular formula is C15H15ClFN. The quantitative estimate of drug-likeness (QED) is 0.737. The number of pyridine rings is 1. The van der Waals surface area contributed by atoms with E-state index in [-0.39, 0.29) is 17.1 Å². The Labute approximate surface area is 112 Å². The number of halogens is 2. The monoisotopic (exact) mass is 263 g/mol. The first kappa shape index (κ1) is 13.0. The number of alkyl halides is 1. The summed E-state index contributed by atoms with van der Waals surface area (Å²) in [4.78, 5) is 4.31. The van der Waals surface area contributed by atoms with Gasteiger partial charge in [-0.15, -0.1) is 11.6 Å². The summed E-state index contributed by atoms with van der Waals surface area (Å²) in [7, 11) is 0. The van der Waals surface area contributed by atoms with E-state index < -0.39 is 0 Å². The van der Waals surface area contributed by atoms with Crippen molar-refractivity contribution in [2.24, 2.45) is 0 Å². The average molecular weight is 264 g/mol. The molecule has 0 fully saturated rings. The topological polar surface area (TPSA) is 12.9 Å². The third-order valence-electron chi connectivity index (χ3n) is 3.12. The van der Waals surface area contributed by atoms with E-state index in [4.69, 9.17) is 11.6 Å². The Morgan fingerprint density at radius 1 is 1.22 bits per heavy atom. The van der Waals surface area contributed by atoms with E-state index in [2.05, 4.69) is 4.98 Å². The average Bonchev–Trinajstić information content (AvgIpc) is 2.38. The Morgan fingerprint density at radius 2 is 2.00 bits per heavy atom. The molecule has 0 amide bonds. The third-order valence-corrected chi connectivity index (χ3v) is 3.74. The number of aryl methyl sites for hydroxylation is 1. The van der Waals surface area contributed by atoms with Crippen molar-refractivity contribution in [2.45, 2.75) is 25.1 Å². The normalized spacial score (nSPS) is 14.2. The van der Waals surface area contributed by atoms with Crippen molar-refractivity contribution in [1.82, 2.24) is 4.98 Å². The first-order chi connectivity index (χ1) is 8.59. The van der Waals surface area contributed by atoms with Gasteiger partial charge in [-0.2, -0.15) is 0 Å². The fourth-order valence-electron chi connectivity index (χ4n) is 2.01. The number of hydrogen-bond donors (Lipinski definition) is 0. The van der Waals surface area contributed by atoms with Crippen LogP contribution in [0.2, 0.25) is 0 Å². The molecule has 0 aliphatic carbocycles. The number of rotatable bonds is 3. The zero-order valence-electron chi connectivity index (χ0n) is 10.4. The molecule has 0 bridgehead atoms. The van der Waals surface area contributed by atoms with Gasteiger partial charge in [0.15, 0.2) is 0 Å². The number of aromatic nitrogens is 1. The molecule has 1 heterocycles. The molecule has 3 heteroatoms. The van der Waals surface area contributed by atoms with Crippen LogP contribution >= 0.6 is 11.6 Å². The van der Waals surface area contributed by atoms with Gasteiger partial charge in [0.1, 0.15) is 5.82 Å². The maximum Gasteiger partial charge on any atom is 0.123 e. The van der Waals surface area contributed by atoms with Gasteiger partial charge in [-0.25, -0.2) is 4.39 Å². The summed E-state index contributed by atoms with van der Waals surface area (Å²) in [6.07, 6.45) is 1.76. The molecule has 1 aromatic heterocycles. The van der Waals surface area contributed by atoms with Crippen LogP contribution in [-0.2, 0) is 0 Å². The van der Waals surface area contributed by atoms with Crippen molar-refractivity contribution in [3.8, 4) is 0 Å². The molecule has 0 spiro atoms. The van der Waals surface area contributed by atoms with Crippen molar-refractivity contribution in [3.05, 3.63) is 65.2 Å². The molecule has 0 N–H and O–H groups in total. The summed E-state index contributed by atoms with van der Waals surface area (Å²) in [5, 5.41) is -0.208. The van der Waals surface area contributed by atoms with Crippen LogP contribution in [0.3, 0.4) is 0 Å². The van der Waals surface area contributed by atoms with E-state index in [1.165, 1.54) is 12.1 Å². The Balaban J connectivity index is 2.28. The van der Waals surface area contributed by atoms with Crippen LogP contribution in [0.4, 0.5) is 4.39 Å². The second-order valence-corrected chi connectivity index (χ2v) is 4.92. The highest BCUT2D eigenvalue weighted by atomic mass is 35.5. The van der Waals surface area contributed by atoms with Gasteiger partial charge in [0.05, 0.1) is 5.38 Å². The molecule has 2 aromatic rings. The molecule has 0 saturated heterocycles. The summed E-state index contributed by atoms with van der Waals surface area (Å²) in [6, 6.07) is 10.5. The van der Waals surface area contributed by atoms with Gasteiger partial charge < -0.3 is 0 Å². The number of hydrogen-bond acceptors (Lipinski definition) is 1. The molecule has 1 aromatic carbocycles. The van der Waals surface area contributed by atoms with E-state index in [0.29, 0.717) is 0 Å². The maximum absolute atomic E-state index is 13.1. The van der Waals surface area contributed by atoms with Gasteiger partial charge in [-0.3, -0.25) is 4.98 Å². The predicted molar refractivity (Wildman–Crippen MR) is 72.4 cm³/mol. The van der Waals surface area contributed by atoms with Gasteiger partial charge in [-0.1, -0.05) is 19.1 Å². The number of benzene rings is 1. The second-order valence-electron chi connectivity index (χ2n) is 4.45. The molecule has 2 atom stereocenters. The van der Waals surface area contributed by atoms with Gasteiger partial charge >= 0.3 is 0 Å². The first-order valence-electron chi connectivity index (χ1n) is 5.90. The smallest absolute Gasteiger partial charge is 0.123 e. The zero-order chi connectivity index (χ0) is 13.1. The Morgan fingerprint density at radius 3 is 2.61 bits per heavy atom. The summed E-state index contributed by atoms with van der Waals surface area (Å²) in [5.74, 6) is -0.150. The highest BCUT2D eigenvalue weighted by molar-refractivity contribution is 6.21. The van der Waals surface area contributed by atoms with Crippen molar-refractivity contribution in [2.75, 3.05) is 0 Å². The van der Waals surface area contributed by atoms with Crippen molar-refractivity contribution in [3.63, 3.8) is 0 Å². The van der Waals surface area contributed by atoms with E-state index in [1.807, 2.05) is 32.0 Å². The lowest BCUT2D eigenvalue weighted by Crippen LogP contribution is -2.06. The van der Waals surface area contributed by atoms with E-state index >= 15 is 0 Å². The van der Waals surface area contributed by atoms with E-state index in [9.17, 15) is 4.39 Å². The lowest BCUT2D eigenvalue weighted by atomic mass is 9.94. The van der Waals surface area contributed by atoms with Crippen LogP contribution in [0.5, 0.6) is 0 Å². The Hall–Kier alpha value is -1.41. The molecule has 1 nitrogen and oxygen atoms in total. The highest BCUT2D eigenvalue weighted by Gasteiger charge is 2.21. The summed E-state index contributed by atoms with van der Waals surface area (Å²) >= 11 is 6.49. The van der Waals surface area contributed by atoms with E-state index in [1.54, 1.807) is 12.3 Å². The molecule has 18 heavy (non-hydrogen) atoms. The number of nitrogens with zero attached hydrogens (tertiary/aromatic N) is 1. The van der Waals surface area contributed by atoms with Crippen LogP contribution < -0.4 is 0 Å². The third kappa shape index (κ3) is 2.70. The minimum Gasteiger partial charge on any atom is -0.261 e. The fourth-order valence-corrected chi connectivity index (χ4v) is 2.39. The maximum atomic E-state index is 13.1. The van der Waals surface area contributed by atoms with Crippen LogP contribution in [0, 0.1) is 12.7 Å². The highest BCUT2D eigenvalue weighted by Crippen LogP contribution is 2.36. The molecule has 0 aliphatic heterocycles. The second kappa shape index (κ2) is 5.49. The lowest BCUT2D eigenvalue weighted by Gasteiger charge is -2.19. The SMILES string of the molecule is Cc1cc(F)ccc1C(Cl)C(C)c1ccccn1. The van der Waals surface area contributed by atoms with Crippen molar-refractivity contribution < 1.29 is 4.39 Å². The van der Waals surface area contributed by atoms with Gasteiger partial charge in [-0.05, 0) is 42.3 Å². The summed E-state index contributed by atoms with van der Waals surface area (Å²) in [5.41, 5.74) is 2.77. The Kier molecular flexibility index (Phi) is 3.97. The molecule has 2 rings (SSSR count). The van der Waals surface area contributed by atoms with E-state index in [0.717, 1.165) is 16.8 Å². The summed E-state index contributed by atoms with van der Waals surface area (Å²) < 4.78 is 13.1. The molecule has 0 aliphatic rings. The predicted octanol–water partition coefficient (Wildman–Crippen LogP) is 4.61. The van der Waals surface area contributed by atoms with Crippen LogP contribution in [0.15, 0.2) is 42.6 Å². The van der Waals surface area contributed by atoms with Crippen molar-refractivity contribution >= 4 is 11.6 Å². The molecule has 94 valence electrons. The fraction of sp³-hybridized carbons (Fsp3) is 0.267. The first-order valence-corrected chi connectivity index (χ1v) is 6.34. The molecule has 0 saturated carbocycles. The summed E-state index contributed by atoms with van der Waals surface area (Å²) in [6.45, 7) is 3.90. The minimum absolute atomic E-state index is 0.0806. The lowest BCUT2D eigenvalue weighted by molar-refractivity contribution is 0.623. The standard InChI is InChI=1S/C15H15ClFN/c1-10-9-12(17)6-7-13(10)15(16)11(2)14-5-3-4-8-18-14/h3-9,11,15H,1-2H3. The van der Waals surface area contributed by atoms with Crippen LogP contribution in [0.1, 0.15) is 35.0 Å². The molecule has 2 unspecified atom stereocenters. The molecular weight excluding hydrogens is 249 g/mol. The Bertz CT molecular complexity index is 527.